The molecule has 0 radical (unpaired) electrons. The van der Waals surface area contributed by atoms with Crippen molar-refractivity contribution in [2.24, 2.45) is 0 Å². The number of piperazine rings is 1. The van der Waals surface area contributed by atoms with Crippen molar-refractivity contribution in [2.75, 3.05) is 33.2 Å². The summed E-state index contributed by atoms with van der Waals surface area (Å²) in [6.07, 6.45) is 11.2. The summed E-state index contributed by atoms with van der Waals surface area (Å²) in [6, 6.07) is 1.57. The van der Waals surface area contributed by atoms with Gasteiger partial charge in [-0.05, 0) is 45.7 Å². The topological polar surface area (TPSA) is 18.5 Å². The molecule has 3 heteroatoms. The summed E-state index contributed by atoms with van der Waals surface area (Å²) in [5.41, 5.74) is 0.458. The number of nitrogens with zero attached hydrogens (tertiary/aromatic N) is 2. The molecule has 3 nitrogen and oxygen atoms in total. The Morgan fingerprint density at radius 3 is 2.65 bits per heavy atom. The zero-order valence-electron chi connectivity index (χ0n) is 13.5. The minimum Gasteiger partial charge on any atom is -0.308 e. The highest BCUT2D eigenvalue weighted by Crippen LogP contribution is 2.34. The van der Waals surface area contributed by atoms with Crippen LogP contribution in [0, 0.1) is 0 Å². The minimum absolute atomic E-state index is 0.458. The Balaban J connectivity index is 1.70. The Kier molecular flexibility index (Phi) is 4.68. The van der Waals surface area contributed by atoms with Gasteiger partial charge in [0.1, 0.15) is 0 Å². The van der Waals surface area contributed by atoms with E-state index >= 15 is 0 Å². The Labute approximate surface area is 125 Å². The lowest BCUT2D eigenvalue weighted by Crippen LogP contribution is -2.67. The van der Waals surface area contributed by atoms with Crippen molar-refractivity contribution in [1.29, 1.82) is 0 Å². The number of rotatable bonds is 2. The summed E-state index contributed by atoms with van der Waals surface area (Å²) in [7, 11) is 2.30. The van der Waals surface area contributed by atoms with E-state index in [1.807, 2.05) is 0 Å². The highest BCUT2D eigenvalue weighted by molar-refractivity contribution is 5.01. The van der Waals surface area contributed by atoms with Gasteiger partial charge in [-0.1, -0.05) is 26.2 Å². The molecule has 3 aliphatic rings. The normalized spacial score (nSPS) is 36.3. The van der Waals surface area contributed by atoms with Crippen molar-refractivity contribution in [3.05, 3.63) is 0 Å². The molecule has 3 rings (SSSR count). The molecule has 1 N–H and O–H groups in total. The maximum absolute atomic E-state index is 3.96. The standard InChI is InChI=1S/C17H33N3/c1-3-15-12-18-17(9-5-4-6-10-17)14-20(15)16-8-7-11-19(2)13-16/h15-16,18H,3-14H2,1-2H3. The molecule has 1 saturated carbocycles. The van der Waals surface area contributed by atoms with Crippen LogP contribution in [0.3, 0.4) is 0 Å². The molecule has 2 heterocycles. The molecule has 0 amide bonds. The fourth-order valence-corrected chi connectivity index (χ4v) is 4.77. The second-order valence-corrected chi connectivity index (χ2v) is 7.51. The van der Waals surface area contributed by atoms with Crippen molar-refractivity contribution in [2.45, 2.75) is 75.9 Å². The first kappa shape index (κ1) is 14.8. The Hall–Kier alpha value is -0.120. The van der Waals surface area contributed by atoms with Crippen LogP contribution in [-0.4, -0.2) is 60.6 Å². The molecular weight excluding hydrogens is 246 g/mol. The van der Waals surface area contributed by atoms with Gasteiger partial charge in [0.2, 0.25) is 0 Å². The highest BCUT2D eigenvalue weighted by Gasteiger charge is 2.42. The Morgan fingerprint density at radius 2 is 1.95 bits per heavy atom. The number of hydrogen-bond acceptors (Lipinski definition) is 3. The van der Waals surface area contributed by atoms with Gasteiger partial charge in [0, 0.05) is 37.3 Å². The molecule has 20 heavy (non-hydrogen) atoms. The number of likely N-dealkylation sites (tertiary alicyclic amines) is 1. The van der Waals surface area contributed by atoms with Crippen molar-refractivity contribution >= 4 is 0 Å². The molecule has 0 aromatic carbocycles. The second-order valence-electron chi connectivity index (χ2n) is 7.51. The van der Waals surface area contributed by atoms with Crippen LogP contribution in [-0.2, 0) is 0 Å². The summed E-state index contributed by atoms with van der Waals surface area (Å²) < 4.78 is 0. The van der Waals surface area contributed by atoms with Gasteiger partial charge in [-0.25, -0.2) is 0 Å². The van der Waals surface area contributed by atoms with Gasteiger partial charge in [0.25, 0.3) is 0 Å². The third kappa shape index (κ3) is 3.05. The van der Waals surface area contributed by atoms with E-state index < -0.39 is 0 Å². The van der Waals surface area contributed by atoms with E-state index in [9.17, 15) is 0 Å². The molecule has 2 saturated heterocycles. The van der Waals surface area contributed by atoms with Crippen LogP contribution in [0.2, 0.25) is 0 Å². The van der Waals surface area contributed by atoms with Crippen LogP contribution in [0.15, 0.2) is 0 Å². The summed E-state index contributed by atoms with van der Waals surface area (Å²) in [5.74, 6) is 0. The van der Waals surface area contributed by atoms with E-state index in [1.54, 1.807) is 0 Å². The first-order valence-corrected chi connectivity index (χ1v) is 8.92. The molecule has 0 aromatic heterocycles. The smallest absolute Gasteiger partial charge is 0.0309 e. The summed E-state index contributed by atoms with van der Waals surface area (Å²) in [5, 5.41) is 3.96. The quantitative estimate of drug-likeness (QED) is 0.838. The average Bonchev–Trinajstić information content (AvgIpc) is 2.48. The van der Waals surface area contributed by atoms with Crippen LogP contribution in [0.1, 0.15) is 58.3 Å². The first-order chi connectivity index (χ1) is 9.72. The van der Waals surface area contributed by atoms with E-state index in [-0.39, 0.29) is 0 Å². The van der Waals surface area contributed by atoms with Gasteiger partial charge in [0.15, 0.2) is 0 Å². The van der Waals surface area contributed by atoms with Crippen molar-refractivity contribution in [3.8, 4) is 0 Å². The van der Waals surface area contributed by atoms with Gasteiger partial charge in [-0.3, -0.25) is 4.90 Å². The lowest BCUT2D eigenvalue weighted by atomic mass is 9.78. The second kappa shape index (κ2) is 6.33. The molecule has 1 spiro atoms. The summed E-state index contributed by atoms with van der Waals surface area (Å²) in [4.78, 5) is 5.44. The molecule has 2 aliphatic heterocycles. The van der Waals surface area contributed by atoms with Crippen LogP contribution in [0.25, 0.3) is 0 Å². The zero-order chi connectivity index (χ0) is 14.0. The van der Waals surface area contributed by atoms with E-state index in [4.69, 9.17) is 0 Å². The van der Waals surface area contributed by atoms with Gasteiger partial charge >= 0.3 is 0 Å². The Morgan fingerprint density at radius 1 is 1.15 bits per heavy atom. The van der Waals surface area contributed by atoms with Gasteiger partial charge in [-0.15, -0.1) is 0 Å². The lowest BCUT2D eigenvalue weighted by Gasteiger charge is -2.53. The van der Waals surface area contributed by atoms with Crippen LogP contribution >= 0.6 is 0 Å². The van der Waals surface area contributed by atoms with E-state index in [0.29, 0.717) is 5.54 Å². The molecule has 116 valence electrons. The third-order valence-electron chi connectivity index (χ3n) is 6.02. The summed E-state index contributed by atoms with van der Waals surface area (Å²) >= 11 is 0. The van der Waals surface area contributed by atoms with Crippen molar-refractivity contribution in [3.63, 3.8) is 0 Å². The number of likely N-dealkylation sites (N-methyl/N-ethyl adjacent to an activating group) is 1. The van der Waals surface area contributed by atoms with E-state index in [0.717, 1.165) is 12.1 Å². The molecule has 2 atom stereocenters. The predicted octanol–water partition coefficient (Wildman–Crippen LogP) is 2.47. The van der Waals surface area contributed by atoms with Crippen LogP contribution in [0.5, 0.6) is 0 Å². The third-order valence-corrected chi connectivity index (χ3v) is 6.02. The van der Waals surface area contributed by atoms with Gasteiger partial charge < -0.3 is 10.2 Å². The van der Waals surface area contributed by atoms with Gasteiger partial charge in [0.05, 0.1) is 0 Å². The van der Waals surface area contributed by atoms with Crippen LogP contribution < -0.4 is 5.32 Å². The Bertz CT molecular complexity index is 311. The minimum atomic E-state index is 0.458. The number of nitrogens with one attached hydrogen (secondary N) is 1. The molecular formula is C17H33N3. The van der Waals surface area contributed by atoms with Gasteiger partial charge in [-0.2, -0.15) is 0 Å². The van der Waals surface area contributed by atoms with Crippen molar-refractivity contribution in [1.82, 2.24) is 15.1 Å². The fraction of sp³-hybridized carbons (Fsp3) is 1.00. The number of piperidine rings is 1. The molecule has 0 bridgehead atoms. The fourth-order valence-electron chi connectivity index (χ4n) is 4.77. The molecule has 3 fully saturated rings. The molecule has 0 aromatic rings. The van der Waals surface area contributed by atoms with Crippen LogP contribution in [0.4, 0.5) is 0 Å². The van der Waals surface area contributed by atoms with Crippen molar-refractivity contribution < 1.29 is 0 Å². The SMILES string of the molecule is CCC1CNC2(CCCCC2)CN1C1CCCN(C)C1. The maximum Gasteiger partial charge on any atom is 0.0309 e. The lowest BCUT2D eigenvalue weighted by molar-refractivity contribution is -0.000120. The molecule has 1 aliphatic carbocycles. The zero-order valence-corrected chi connectivity index (χ0v) is 13.5. The predicted molar refractivity (Wildman–Crippen MR) is 85.1 cm³/mol. The summed E-state index contributed by atoms with van der Waals surface area (Å²) in [6.45, 7) is 7.47. The van der Waals surface area contributed by atoms with E-state index in [1.165, 1.54) is 77.5 Å². The largest absolute Gasteiger partial charge is 0.308 e. The monoisotopic (exact) mass is 279 g/mol. The highest BCUT2D eigenvalue weighted by atomic mass is 15.3. The first-order valence-electron chi connectivity index (χ1n) is 8.92. The van der Waals surface area contributed by atoms with E-state index in [2.05, 4.69) is 29.1 Å². The maximum atomic E-state index is 3.96. The molecule has 2 unspecified atom stereocenters. The average molecular weight is 279 g/mol. The number of hydrogen-bond donors (Lipinski definition) is 1.